The molecule has 4 rings (SSSR count). The molecule has 0 fully saturated rings. The molecule has 0 radical (unpaired) electrons. The first kappa shape index (κ1) is 21.8. The van der Waals surface area contributed by atoms with Crippen molar-refractivity contribution in [2.45, 2.75) is 24.3 Å². The summed E-state index contributed by atoms with van der Waals surface area (Å²) in [6.07, 6.45) is 1.51. The predicted molar refractivity (Wildman–Crippen MR) is 127 cm³/mol. The van der Waals surface area contributed by atoms with Crippen molar-refractivity contribution in [3.63, 3.8) is 0 Å². The van der Waals surface area contributed by atoms with E-state index in [-0.39, 0.29) is 9.77 Å². The van der Waals surface area contributed by atoms with Gasteiger partial charge in [0, 0.05) is 11.6 Å². The van der Waals surface area contributed by atoms with E-state index in [1.807, 2.05) is 42.5 Å². The first-order chi connectivity index (χ1) is 14.9. The van der Waals surface area contributed by atoms with Crippen molar-refractivity contribution in [3.05, 3.63) is 98.6 Å². The van der Waals surface area contributed by atoms with Gasteiger partial charge in [-0.3, -0.25) is 9.36 Å². The van der Waals surface area contributed by atoms with Gasteiger partial charge in [-0.25, -0.2) is 13.1 Å². The molecule has 0 spiro atoms. The summed E-state index contributed by atoms with van der Waals surface area (Å²) in [4.78, 5) is 12.5. The number of nitrogens with one attached hydrogen (secondary N) is 1. The molecule has 3 aromatic carbocycles. The molecule has 0 bridgehead atoms. The molecule has 31 heavy (non-hydrogen) atoms. The number of aryl methyl sites for hydroxylation is 1. The molecule has 0 atom stereocenters. The largest absolute Gasteiger partial charge is 0.308 e. The van der Waals surface area contributed by atoms with Crippen LogP contribution in [0.1, 0.15) is 17.5 Å². The Bertz CT molecular complexity index is 1350. The lowest BCUT2D eigenvalue weighted by molar-refractivity contribution is 0.579. The SMILES string of the molecule is O=c1sc2cc(S(=O)(=O)NCCCc3ccccc3)ccc2n1Cc1ccc(Cl)cc1. The number of thiazole rings is 1. The highest BCUT2D eigenvalue weighted by Gasteiger charge is 2.16. The van der Waals surface area contributed by atoms with Gasteiger partial charge in [-0.05, 0) is 54.3 Å². The summed E-state index contributed by atoms with van der Waals surface area (Å²) in [5.74, 6) is 0. The van der Waals surface area contributed by atoms with E-state index in [0.717, 1.165) is 23.3 Å². The Labute approximate surface area is 190 Å². The molecule has 1 N–H and O–H groups in total. The first-order valence-electron chi connectivity index (χ1n) is 9.84. The van der Waals surface area contributed by atoms with Crippen LogP contribution in [0.15, 0.2) is 82.5 Å². The van der Waals surface area contributed by atoms with Crippen LogP contribution in [0.5, 0.6) is 0 Å². The van der Waals surface area contributed by atoms with Crippen LogP contribution in [-0.2, 0) is 23.0 Å². The van der Waals surface area contributed by atoms with E-state index in [4.69, 9.17) is 11.6 Å². The quantitative estimate of drug-likeness (QED) is 0.379. The smallest absolute Gasteiger partial charge is 0.294 e. The van der Waals surface area contributed by atoms with Crippen molar-refractivity contribution in [2.24, 2.45) is 0 Å². The molecule has 0 amide bonds. The normalized spacial score (nSPS) is 11.8. The maximum Gasteiger partial charge on any atom is 0.308 e. The molecule has 0 saturated carbocycles. The molecule has 0 aliphatic carbocycles. The summed E-state index contributed by atoms with van der Waals surface area (Å²) in [6, 6.07) is 22.1. The van der Waals surface area contributed by atoms with Gasteiger partial charge in [0.25, 0.3) is 0 Å². The number of rotatable bonds is 8. The molecule has 5 nitrogen and oxygen atoms in total. The van der Waals surface area contributed by atoms with Gasteiger partial charge in [0.2, 0.25) is 10.0 Å². The van der Waals surface area contributed by atoms with Gasteiger partial charge in [0.1, 0.15) is 0 Å². The summed E-state index contributed by atoms with van der Waals surface area (Å²) in [5.41, 5.74) is 2.84. The maximum atomic E-state index is 12.7. The molecule has 0 aliphatic heterocycles. The minimum absolute atomic E-state index is 0.129. The van der Waals surface area contributed by atoms with Crippen LogP contribution in [0.2, 0.25) is 5.02 Å². The number of nitrogens with zero attached hydrogens (tertiary/aromatic N) is 1. The third kappa shape index (κ3) is 5.25. The number of hydrogen-bond acceptors (Lipinski definition) is 4. The monoisotopic (exact) mass is 472 g/mol. The van der Waals surface area contributed by atoms with Crippen LogP contribution in [0.25, 0.3) is 10.2 Å². The van der Waals surface area contributed by atoms with E-state index in [1.165, 1.54) is 5.56 Å². The van der Waals surface area contributed by atoms with Gasteiger partial charge in [-0.2, -0.15) is 0 Å². The number of sulfonamides is 1. The molecule has 0 unspecified atom stereocenters. The molecular weight excluding hydrogens is 452 g/mol. The number of halogens is 1. The maximum absolute atomic E-state index is 12.7. The minimum atomic E-state index is -3.64. The molecule has 160 valence electrons. The first-order valence-corrected chi connectivity index (χ1v) is 12.5. The zero-order valence-electron chi connectivity index (χ0n) is 16.6. The van der Waals surface area contributed by atoms with Crippen LogP contribution >= 0.6 is 22.9 Å². The second-order valence-electron chi connectivity index (χ2n) is 7.20. The molecule has 1 aromatic heterocycles. The van der Waals surface area contributed by atoms with Gasteiger partial charge in [0.15, 0.2) is 0 Å². The van der Waals surface area contributed by atoms with Gasteiger partial charge in [0.05, 0.1) is 21.7 Å². The third-order valence-corrected chi connectivity index (χ3v) is 7.63. The lowest BCUT2D eigenvalue weighted by Gasteiger charge is -2.08. The molecule has 1 heterocycles. The van der Waals surface area contributed by atoms with Crippen LogP contribution in [-0.4, -0.2) is 19.5 Å². The summed E-state index contributed by atoms with van der Waals surface area (Å²) < 4.78 is 30.3. The Kier molecular flexibility index (Phi) is 6.57. The van der Waals surface area contributed by atoms with Gasteiger partial charge < -0.3 is 0 Å². The second-order valence-corrected chi connectivity index (χ2v) is 10.4. The fourth-order valence-corrected chi connectivity index (χ4v) is 5.59. The van der Waals surface area contributed by atoms with Gasteiger partial charge in [-0.15, -0.1) is 0 Å². The molecular formula is C23H21ClN2O3S2. The Hall–Kier alpha value is -2.45. The third-order valence-electron chi connectivity index (χ3n) is 4.98. The van der Waals surface area contributed by atoms with Crippen molar-refractivity contribution in [1.29, 1.82) is 0 Å². The van der Waals surface area contributed by atoms with Crippen molar-refractivity contribution < 1.29 is 8.42 Å². The Morgan fingerprint density at radius 1 is 0.935 bits per heavy atom. The van der Waals surface area contributed by atoms with Crippen molar-refractivity contribution in [2.75, 3.05) is 6.54 Å². The van der Waals surface area contributed by atoms with Crippen LogP contribution in [0.4, 0.5) is 0 Å². The molecule has 8 heteroatoms. The van der Waals surface area contributed by atoms with Gasteiger partial charge >= 0.3 is 4.87 Å². The van der Waals surface area contributed by atoms with E-state index < -0.39 is 10.0 Å². The van der Waals surface area contributed by atoms with Crippen LogP contribution < -0.4 is 9.60 Å². The molecule has 0 saturated heterocycles. The number of fused-ring (bicyclic) bond motifs is 1. The topological polar surface area (TPSA) is 68.2 Å². The highest BCUT2D eigenvalue weighted by atomic mass is 35.5. The Morgan fingerprint density at radius 2 is 1.68 bits per heavy atom. The van der Waals surface area contributed by atoms with E-state index >= 15 is 0 Å². The van der Waals surface area contributed by atoms with E-state index in [9.17, 15) is 13.2 Å². The Balaban J connectivity index is 1.48. The van der Waals surface area contributed by atoms with Crippen LogP contribution in [0.3, 0.4) is 0 Å². The lowest BCUT2D eigenvalue weighted by atomic mass is 10.1. The predicted octanol–water partition coefficient (Wildman–Crippen LogP) is 4.68. The summed E-state index contributed by atoms with van der Waals surface area (Å²) in [5, 5.41) is 0.636. The van der Waals surface area contributed by atoms with Crippen molar-refractivity contribution in [3.8, 4) is 0 Å². The highest BCUT2D eigenvalue weighted by Crippen LogP contribution is 2.23. The summed E-state index contributed by atoms with van der Waals surface area (Å²) >= 11 is 6.97. The fraction of sp³-hybridized carbons (Fsp3) is 0.174. The van der Waals surface area contributed by atoms with Crippen molar-refractivity contribution in [1.82, 2.24) is 9.29 Å². The molecule has 4 aromatic rings. The standard InChI is InChI=1S/C23H21ClN2O3S2/c24-19-10-8-18(9-11-19)16-26-21-13-12-20(15-22(21)30-23(26)27)31(28,29)25-14-4-7-17-5-2-1-3-6-17/h1-3,5-6,8-13,15,25H,4,7,14,16H2. The lowest BCUT2D eigenvalue weighted by Crippen LogP contribution is -2.25. The summed E-state index contributed by atoms with van der Waals surface area (Å²) in [6.45, 7) is 0.753. The zero-order chi connectivity index (χ0) is 21.8. The number of hydrogen-bond donors (Lipinski definition) is 1. The van der Waals surface area contributed by atoms with E-state index in [1.54, 1.807) is 34.9 Å². The highest BCUT2D eigenvalue weighted by molar-refractivity contribution is 7.89. The number of aromatic nitrogens is 1. The average Bonchev–Trinajstić information content (AvgIpc) is 3.08. The van der Waals surface area contributed by atoms with Gasteiger partial charge in [-0.1, -0.05) is 65.4 Å². The average molecular weight is 473 g/mol. The second kappa shape index (κ2) is 9.36. The fourth-order valence-electron chi connectivity index (χ4n) is 3.36. The van der Waals surface area contributed by atoms with Crippen LogP contribution in [0, 0.1) is 0 Å². The van der Waals surface area contributed by atoms with Crippen molar-refractivity contribution >= 4 is 43.2 Å². The Morgan fingerprint density at radius 3 is 2.42 bits per heavy atom. The van der Waals surface area contributed by atoms with E-state index in [2.05, 4.69) is 4.72 Å². The molecule has 0 aliphatic rings. The number of benzene rings is 3. The zero-order valence-corrected chi connectivity index (χ0v) is 19.0. The minimum Gasteiger partial charge on any atom is -0.294 e. The van der Waals surface area contributed by atoms with E-state index in [0.29, 0.717) is 34.7 Å². The summed E-state index contributed by atoms with van der Waals surface area (Å²) in [7, 11) is -3.64.